The van der Waals surface area contributed by atoms with Gasteiger partial charge >= 0.3 is 6.36 Å². The highest BCUT2D eigenvalue weighted by atomic mass is 28.3. The Bertz CT molecular complexity index is 1100. The normalized spacial score (nSPS) is 18.4. The highest BCUT2D eigenvalue weighted by Gasteiger charge is 2.31. The summed E-state index contributed by atoms with van der Waals surface area (Å²) in [5.41, 5.74) is 4.54. The molecule has 0 unspecified atom stereocenters. The highest BCUT2D eigenvalue weighted by Crippen LogP contribution is 2.40. The lowest BCUT2D eigenvalue weighted by atomic mass is 9.87. The van der Waals surface area contributed by atoms with Crippen LogP contribution in [-0.4, -0.2) is 15.2 Å². The van der Waals surface area contributed by atoms with E-state index in [-0.39, 0.29) is 11.6 Å². The van der Waals surface area contributed by atoms with E-state index in [2.05, 4.69) is 23.8 Å². The second-order valence-electron chi connectivity index (χ2n) is 9.60. The van der Waals surface area contributed by atoms with Crippen molar-refractivity contribution in [3.8, 4) is 28.0 Å². The van der Waals surface area contributed by atoms with Crippen LogP contribution < -0.4 is 4.74 Å². The average Bonchev–Trinajstić information content (AvgIpc) is 2.84. The third-order valence-electron chi connectivity index (χ3n) is 7.11. The lowest BCUT2D eigenvalue weighted by Gasteiger charge is -2.28. The van der Waals surface area contributed by atoms with E-state index < -0.39 is 15.2 Å². The predicted octanol–water partition coefficient (Wildman–Crippen LogP) is 9.35. The Kier molecular flexibility index (Phi) is 8.32. The van der Waals surface area contributed by atoms with E-state index >= 15 is 0 Å². The Balaban J connectivity index is 1.61. The molecule has 0 saturated carbocycles. The average molecular weight is 501 g/mol. The lowest BCUT2D eigenvalue weighted by molar-refractivity contribution is -0.274. The second-order valence-corrected chi connectivity index (χ2v) is 13.1. The van der Waals surface area contributed by atoms with E-state index in [9.17, 15) is 17.6 Å². The molecule has 1 fully saturated rings. The van der Waals surface area contributed by atoms with Crippen molar-refractivity contribution in [2.75, 3.05) is 0 Å². The van der Waals surface area contributed by atoms with Crippen LogP contribution >= 0.6 is 0 Å². The van der Waals surface area contributed by atoms with E-state index in [0.717, 1.165) is 22.3 Å². The van der Waals surface area contributed by atoms with Gasteiger partial charge in [0, 0.05) is 8.80 Å². The molecule has 3 aromatic carbocycles. The van der Waals surface area contributed by atoms with Crippen molar-refractivity contribution in [2.45, 2.75) is 69.4 Å². The van der Waals surface area contributed by atoms with Gasteiger partial charge in [0.1, 0.15) is 11.6 Å². The molecule has 0 spiro atoms. The van der Waals surface area contributed by atoms with Gasteiger partial charge in [-0.25, -0.2) is 4.39 Å². The first-order valence-corrected chi connectivity index (χ1v) is 15.0. The van der Waals surface area contributed by atoms with Crippen molar-refractivity contribution < 1.29 is 22.3 Å². The maximum Gasteiger partial charge on any atom is 0.573 e. The summed E-state index contributed by atoms with van der Waals surface area (Å²) >= 11 is 0. The summed E-state index contributed by atoms with van der Waals surface area (Å²) in [5, 5.41) is 0. The summed E-state index contributed by atoms with van der Waals surface area (Å²) in [7, 11) is -0.627. The van der Waals surface area contributed by atoms with Crippen LogP contribution in [0, 0.1) is 5.82 Å². The third kappa shape index (κ3) is 6.97. The molecule has 0 amide bonds. The van der Waals surface area contributed by atoms with Crippen LogP contribution in [0.3, 0.4) is 0 Å². The van der Waals surface area contributed by atoms with Crippen LogP contribution in [0.2, 0.25) is 18.1 Å². The molecule has 0 aromatic heterocycles. The van der Waals surface area contributed by atoms with Gasteiger partial charge in [0.25, 0.3) is 0 Å². The number of hydrogen-bond acceptors (Lipinski definition) is 1. The molecule has 0 radical (unpaired) electrons. The Morgan fingerprint density at radius 1 is 0.857 bits per heavy atom. The van der Waals surface area contributed by atoms with Crippen LogP contribution in [0.15, 0.2) is 66.7 Å². The van der Waals surface area contributed by atoms with Gasteiger partial charge in [-0.2, -0.15) is 0 Å². The summed E-state index contributed by atoms with van der Waals surface area (Å²) in [6.07, 6.45) is 1.67. The van der Waals surface area contributed by atoms with Crippen molar-refractivity contribution in [1.82, 2.24) is 0 Å². The summed E-state index contributed by atoms with van der Waals surface area (Å²) in [6, 6.07) is 22.9. The quantitative estimate of drug-likeness (QED) is 0.170. The van der Waals surface area contributed by atoms with Gasteiger partial charge in [-0.05, 0) is 70.8 Å². The number of ether oxygens (including phenoxy) is 1. The Morgan fingerprint density at radius 3 is 2.26 bits per heavy atom. The largest absolute Gasteiger partial charge is 0.573 e. The summed E-state index contributed by atoms with van der Waals surface area (Å²) < 4.78 is 55.9. The molecule has 3 aromatic rings. The number of unbranched alkanes of at least 4 members (excludes halogenated alkanes) is 2. The summed E-state index contributed by atoms with van der Waals surface area (Å²) in [4.78, 5) is 0. The van der Waals surface area contributed by atoms with Crippen LogP contribution in [0.25, 0.3) is 22.3 Å². The monoisotopic (exact) mass is 500 g/mol. The number of rotatable bonds is 8. The summed E-state index contributed by atoms with van der Waals surface area (Å²) in [5.74, 6) is -0.0769. The molecule has 35 heavy (non-hydrogen) atoms. The van der Waals surface area contributed by atoms with Gasteiger partial charge in [0.15, 0.2) is 0 Å². The molecule has 1 nitrogen and oxygen atoms in total. The first kappa shape index (κ1) is 25.5. The van der Waals surface area contributed by atoms with Crippen molar-refractivity contribution in [1.29, 1.82) is 0 Å². The zero-order chi connectivity index (χ0) is 24.8. The van der Waals surface area contributed by atoms with Crippen LogP contribution in [-0.2, 0) is 0 Å². The second kappa shape index (κ2) is 11.4. The molecule has 0 atom stereocenters. The van der Waals surface area contributed by atoms with Crippen molar-refractivity contribution >= 4 is 8.80 Å². The maximum absolute atomic E-state index is 14.0. The molecular weight excluding hydrogens is 468 g/mol. The molecular formula is C29H32F4OSi. The van der Waals surface area contributed by atoms with Gasteiger partial charge in [0.05, 0.1) is 0 Å². The number of hydrogen-bond donors (Lipinski definition) is 0. The Morgan fingerprint density at radius 2 is 1.60 bits per heavy atom. The first-order chi connectivity index (χ1) is 16.8. The molecule has 1 saturated heterocycles. The molecule has 0 aliphatic carbocycles. The van der Waals surface area contributed by atoms with E-state index in [0.29, 0.717) is 5.92 Å². The Hall–Kier alpha value is -2.60. The van der Waals surface area contributed by atoms with E-state index in [1.54, 1.807) is 18.2 Å². The molecule has 0 bridgehead atoms. The van der Waals surface area contributed by atoms with Gasteiger partial charge in [-0.1, -0.05) is 86.8 Å². The van der Waals surface area contributed by atoms with Crippen LogP contribution in [0.1, 0.15) is 50.5 Å². The van der Waals surface area contributed by atoms with E-state index in [4.69, 9.17) is 0 Å². The molecule has 1 aliphatic heterocycles. The number of alkyl halides is 3. The van der Waals surface area contributed by atoms with Crippen molar-refractivity contribution in [3.05, 3.63) is 78.1 Å². The first-order valence-electron chi connectivity index (χ1n) is 12.6. The van der Waals surface area contributed by atoms with E-state index in [1.807, 2.05) is 12.1 Å². The van der Waals surface area contributed by atoms with E-state index in [1.165, 1.54) is 80.1 Å². The fraction of sp³-hybridized carbons (Fsp3) is 0.379. The molecule has 1 aliphatic rings. The molecule has 186 valence electrons. The highest BCUT2D eigenvalue weighted by molar-refractivity contribution is 6.59. The zero-order valence-electron chi connectivity index (χ0n) is 20.1. The van der Waals surface area contributed by atoms with Crippen molar-refractivity contribution in [3.63, 3.8) is 0 Å². The minimum atomic E-state index is -4.73. The summed E-state index contributed by atoms with van der Waals surface area (Å²) in [6.45, 7) is 2.25. The minimum Gasteiger partial charge on any atom is -0.406 e. The number of benzene rings is 3. The zero-order valence-corrected chi connectivity index (χ0v) is 21.2. The fourth-order valence-corrected chi connectivity index (χ4v) is 8.75. The maximum atomic E-state index is 14.0. The molecule has 1 heterocycles. The van der Waals surface area contributed by atoms with Crippen LogP contribution in [0.4, 0.5) is 17.6 Å². The van der Waals surface area contributed by atoms with Crippen molar-refractivity contribution in [2.24, 2.45) is 0 Å². The fourth-order valence-electron chi connectivity index (χ4n) is 5.27. The molecule has 0 N–H and O–H groups in total. The van der Waals surface area contributed by atoms with Gasteiger partial charge in [-0.15, -0.1) is 13.2 Å². The SMILES string of the molecule is CCCCC[Si@H]1CC[C@H](c2ccc(-c3cccc(F)c3)c(-c3ccc(OC(F)(F)F)cc3)c2)CC1. The standard InChI is InChI=1S/C29H32F4OSi/c1-2-3-4-16-35-17-14-21(15-18-35)23-10-13-27(24-6-5-7-25(30)19-24)28(20-23)22-8-11-26(12-9-22)34-29(31,32)33/h5-13,19-21,35H,2-4,14-18H2,1H3/t21-,35-. The number of halogens is 4. The molecule has 6 heteroatoms. The van der Waals surface area contributed by atoms with Crippen LogP contribution in [0.5, 0.6) is 5.75 Å². The smallest absolute Gasteiger partial charge is 0.406 e. The topological polar surface area (TPSA) is 9.23 Å². The van der Waals surface area contributed by atoms with Gasteiger partial charge in [-0.3, -0.25) is 0 Å². The van der Waals surface area contributed by atoms with Gasteiger partial charge in [0.2, 0.25) is 0 Å². The minimum absolute atomic E-state index is 0.254. The Labute approximate surface area is 206 Å². The lowest BCUT2D eigenvalue weighted by Crippen LogP contribution is -2.20. The van der Waals surface area contributed by atoms with Gasteiger partial charge < -0.3 is 4.74 Å². The predicted molar refractivity (Wildman–Crippen MR) is 137 cm³/mol. The molecule has 4 rings (SSSR count). The third-order valence-corrected chi connectivity index (χ3v) is 10.6.